The Hall–Kier alpha value is -2.42. The van der Waals surface area contributed by atoms with Crippen LogP contribution in [0.5, 0.6) is 11.5 Å². The summed E-state index contributed by atoms with van der Waals surface area (Å²) >= 11 is 14.6. The first kappa shape index (κ1) is 22.3. The molecule has 2 aromatic carbocycles. The Bertz CT molecular complexity index is 1040. The number of anilines is 1. The Kier molecular flexibility index (Phi) is 7.12. The number of ether oxygens (including phenoxy) is 2. The monoisotopic (exact) mass is 508 g/mol. The van der Waals surface area contributed by atoms with Crippen molar-refractivity contribution in [3.05, 3.63) is 57.0 Å². The molecular weight excluding hydrogens is 492 g/mol. The summed E-state index contributed by atoms with van der Waals surface area (Å²) in [5, 5.41) is 3.08. The fourth-order valence-corrected chi connectivity index (χ4v) is 3.73. The van der Waals surface area contributed by atoms with Gasteiger partial charge in [-0.3, -0.25) is 19.8 Å². The van der Waals surface area contributed by atoms with Crippen molar-refractivity contribution in [3.63, 3.8) is 0 Å². The van der Waals surface area contributed by atoms with E-state index in [1.54, 1.807) is 36.4 Å². The van der Waals surface area contributed by atoms with E-state index in [2.05, 4.69) is 21.2 Å². The van der Waals surface area contributed by atoms with Gasteiger partial charge in [-0.1, -0.05) is 11.6 Å². The molecule has 2 aromatic rings. The predicted molar refractivity (Wildman–Crippen MR) is 124 cm³/mol. The van der Waals surface area contributed by atoms with Crippen LogP contribution in [0.2, 0.25) is 5.02 Å². The molecule has 1 aliphatic heterocycles. The van der Waals surface area contributed by atoms with Crippen LogP contribution in [-0.4, -0.2) is 30.1 Å². The fourth-order valence-electron chi connectivity index (χ4n) is 2.85. The number of halogens is 2. The van der Waals surface area contributed by atoms with Crippen LogP contribution in [0.1, 0.15) is 19.4 Å². The summed E-state index contributed by atoms with van der Waals surface area (Å²) in [6, 6.07) is 10.0. The maximum absolute atomic E-state index is 13.2. The van der Waals surface area contributed by atoms with Crippen molar-refractivity contribution < 1.29 is 19.1 Å². The SMILES string of the molecule is CCOc1cc(OCC)c(/C=C2\C(=O)NC(=S)N(c3ccc(Cl)cc3)C2=O)cc1Br. The number of hydrogen-bond donors (Lipinski definition) is 1. The van der Waals surface area contributed by atoms with Gasteiger partial charge in [-0.15, -0.1) is 0 Å². The molecule has 0 unspecified atom stereocenters. The van der Waals surface area contributed by atoms with Gasteiger partial charge < -0.3 is 9.47 Å². The largest absolute Gasteiger partial charge is 0.493 e. The Labute approximate surface area is 192 Å². The van der Waals surface area contributed by atoms with E-state index < -0.39 is 11.8 Å². The van der Waals surface area contributed by atoms with Gasteiger partial charge in [0.2, 0.25) is 0 Å². The van der Waals surface area contributed by atoms with Crippen molar-refractivity contribution in [1.29, 1.82) is 0 Å². The Morgan fingerprint density at radius 3 is 2.37 bits per heavy atom. The van der Waals surface area contributed by atoms with E-state index in [4.69, 9.17) is 33.3 Å². The average molecular weight is 510 g/mol. The van der Waals surface area contributed by atoms with E-state index in [1.165, 1.54) is 11.0 Å². The van der Waals surface area contributed by atoms with Gasteiger partial charge in [-0.2, -0.15) is 0 Å². The summed E-state index contributed by atoms with van der Waals surface area (Å²) < 4.78 is 11.9. The topological polar surface area (TPSA) is 67.9 Å². The molecule has 6 nitrogen and oxygen atoms in total. The van der Waals surface area contributed by atoms with E-state index in [1.807, 2.05) is 13.8 Å². The van der Waals surface area contributed by atoms with Crippen LogP contribution in [0.4, 0.5) is 5.69 Å². The zero-order chi connectivity index (χ0) is 21.8. The van der Waals surface area contributed by atoms with Crippen LogP contribution >= 0.6 is 39.7 Å². The van der Waals surface area contributed by atoms with E-state index in [0.29, 0.717) is 45.5 Å². The quantitative estimate of drug-likeness (QED) is 0.346. The smallest absolute Gasteiger partial charge is 0.270 e. The predicted octanol–water partition coefficient (Wildman–Crippen LogP) is 4.73. The molecule has 0 saturated carbocycles. The molecule has 1 N–H and O–H groups in total. The third-order valence-electron chi connectivity index (χ3n) is 4.15. The van der Waals surface area contributed by atoms with Crippen molar-refractivity contribution in [2.45, 2.75) is 13.8 Å². The molecule has 0 atom stereocenters. The Morgan fingerprint density at radius 2 is 1.73 bits per heavy atom. The summed E-state index contributed by atoms with van der Waals surface area (Å²) in [5.74, 6) is -0.0314. The minimum atomic E-state index is -0.581. The molecular formula is C21H18BrClN2O4S. The molecule has 3 rings (SSSR count). The lowest BCUT2D eigenvalue weighted by molar-refractivity contribution is -0.122. The van der Waals surface area contributed by atoms with Crippen molar-refractivity contribution in [2.24, 2.45) is 0 Å². The van der Waals surface area contributed by atoms with Gasteiger partial charge in [0.25, 0.3) is 11.8 Å². The number of hydrogen-bond acceptors (Lipinski definition) is 5. The standard InChI is InChI=1S/C21H18BrClN2O4S/c1-3-28-17-11-18(29-4-2)16(22)10-12(17)9-15-19(26)24-21(30)25(20(15)27)14-7-5-13(23)6-8-14/h5-11H,3-4H2,1-2H3,(H,24,26,30)/b15-9+. The minimum Gasteiger partial charge on any atom is -0.493 e. The summed E-state index contributed by atoms with van der Waals surface area (Å²) in [6.07, 6.45) is 1.48. The van der Waals surface area contributed by atoms with E-state index in [9.17, 15) is 9.59 Å². The van der Waals surface area contributed by atoms with Crippen LogP contribution in [0.25, 0.3) is 6.08 Å². The molecule has 30 heavy (non-hydrogen) atoms. The lowest BCUT2D eigenvalue weighted by atomic mass is 10.1. The fraction of sp³-hybridized carbons (Fsp3) is 0.190. The molecule has 1 fully saturated rings. The molecule has 0 aliphatic carbocycles. The number of amides is 2. The lowest BCUT2D eigenvalue weighted by Crippen LogP contribution is -2.54. The van der Waals surface area contributed by atoms with Gasteiger partial charge in [0.1, 0.15) is 17.1 Å². The number of carbonyl (C=O) groups excluding carboxylic acids is 2. The van der Waals surface area contributed by atoms with Crippen LogP contribution < -0.4 is 19.7 Å². The normalized spacial score (nSPS) is 15.4. The van der Waals surface area contributed by atoms with E-state index in [-0.39, 0.29) is 10.7 Å². The minimum absolute atomic E-state index is 0.00220. The maximum atomic E-state index is 13.2. The van der Waals surface area contributed by atoms with Gasteiger partial charge in [0.15, 0.2) is 5.11 Å². The van der Waals surface area contributed by atoms with Gasteiger partial charge in [0.05, 0.1) is 23.4 Å². The molecule has 0 aromatic heterocycles. The highest BCUT2D eigenvalue weighted by Gasteiger charge is 2.34. The van der Waals surface area contributed by atoms with Crippen molar-refractivity contribution in [2.75, 3.05) is 18.1 Å². The number of benzene rings is 2. The Morgan fingerprint density at radius 1 is 1.10 bits per heavy atom. The van der Waals surface area contributed by atoms with Crippen molar-refractivity contribution >= 4 is 68.4 Å². The van der Waals surface area contributed by atoms with Gasteiger partial charge in [-0.25, -0.2) is 0 Å². The highest BCUT2D eigenvalue weighted by Crippen LogP contribution is 2.35. The zero-order valence-electron chi connectivity index (χ0n) is 16.2. The summed E-state index contributed by atoms with van der Waals surface area (Å²) in [4.78, 5) is 27.0. The summed E-state index contributed by atoms with van der Waals surface area (Å²) in [7, 11) is 0. The molecule has 1 aliphatic rings. The first-order valence-electron chi connectivity index (χ1n) is 9.11. The average Bonchev–Trinajstić information content (AvgIpc) is 2.70. The molecule has 2 amide bonds. The summed E-state index contributed by atoms with van der Waals surface area (Å²) in [5.41, 5.74) is 0.975. The molecule has 156 valence electrons. The van der Waals surface area contributed by atoms with E-state index in [0.717, 1.165) is 0 Å². The number of rotatable bonds is 6. The number of thiocarbonyl (C=S) groups is 1. The second kappa shape index (κ2) is 9.59. The van der Waals surface area contributed by atoms with Gasteiger partial charge in [-0.05, 0) is 78.4 Å². The third kappa shape index (κ3) is 4.66. The molecule has 9 heteroatoms. The van der Waals surface area contributed by atoms with Crippen molar-refractivity contribution in [3.8, 4) is 11.5 Å². The molecule has 0 bridgehead atoms. The second-order valence-corrected chi connectivity index (χ2v) is 7.80. The number of nitrogens with one attached hydrogen (secondary N) is 1. The Balaban J connectivity index is 2.05. The number of carbonyl (C=O) groups is 2. The van der Waals surface area contributed by atoms with Gasteiger partial charge in [0, 0.05) is 16.7 Å². The molecule has 1 saturated heterocycles. The third-order valence-corrected chi connectivity index (χ3v) is 5.31. The van der Waals surface area contributed by atoms with Crippen LogP contribution in [-0.2, 0) is 9.59 Å². The maximum Gasteiger partial charge on any atom is 0.270 e. The van der Waals surface area contributed by atoms with Crippen LogP contribution in [0.15, 0.2) is 46.4 Å². The first-order valence-corrected chi connectivity index (χ1v) is 10.7. The molecule has 1 heterocycles. The van der Waals surface area contributed by atoms with E-state index >= 15 is 0 Å². The highest BCUT2D eigenvalue weighted by molar-refractivity contribution is 9.10. The van der Waals surface area contributed by atoms with Crippen LogP contribution in [0.3, 0.4) is 0 Å². The van der Waals surface area contributed by atoms with Gasteiger partial charge >= 0.3 is 0 Å². The van der Waals surface area contributed by atoms with Crippen LogP contribution in [0, 0.1) is 0 Å². The van der Waals surface area contributed by atoms with Crippen molar-refractivity contribution in [1.82, 2.24) is 5.32 Å². The number of nitrogens with zero attached hydrogens (tertiary/aromatic N) is 1. The highest BCUT2D eigenvalue weighted by atomic mass is 79.9. The molecule has 0 spiro atoms. The first-order chi connectivity index (χ1) is 14.3. The lowest BCUT2D eigenvalue weighted by Gasteiger charge is -2.29. The molecule has 0 radical (unpaired) electrons. The zero-order valence-corrected chi connectivity index (χ0v) is 19.4. The summed E-state index contributed by atoms with van der Waals surface area (Å²) in [6.45, 7) is 4.62. The second-order valence-electron chi connectivity index (χ2n) is 6.12.